The van der Waals surface area contributed by atoms with E-state index in [2.05, 4.69) is 5.32 Å². The van der Waals surface area contributed by atoms with Gasteiger partial charge in [0.25, 0.3) is 0 Å². The summed E-state index contributed by atoms with van der Waals surface area (Å²) in [4.78, 5) is 24.5. The third-order valence-electron chi connectivity index (χ3n) is 4.01. The van der Waals surface area contributed by atoms with E-state index in [4.69, 9.17) is 19.3 Å². The number of hydrogen-bond donors (Lipinski definition) is 2. The summed E-state index contributed by atoms with van der Waals surface area (Å²) in [7, 11) is 6.24. The quantitative estimate of drug-likeness (QED) is 0.692. The zero-order valence-corrected chi connectivity index (χ0v) is 16.2. The van der Waals surface area contributed by atoms with Crippen molar-refractivity contribution >= 4 is 12.0 Å². The number of ether oxygens (including phenoxy) is 3. The van der Waals surface area contributed by atoms with Crippen molar-refractivity contribution in [2.45, 2.75) is 26.3 Å². The fourth-order valence-electron chi connectivity index (χ4n) is 2.53. The molecular formula is C18H28N2O6. The topological polar surface area (TPSA) is 97.3 Å². The Hall–Kier alpha value is -2.64. The van der Waals surface area contributed by atoms with Crippen molar-refractivity contribution in [3.63, 3.8) is 0 Å². The van der Waals surface area contributed by atoms with Gasteiger partial charge in [0.1, 0.15) is 17.2 Å². The van der Waals surface area contributed by atoms with Crippen LogP contribution in [0.15, 0.2) is 12.1 Å². The minimum Gasteiger partial charge on any atom is -0.496 e. The average Bonchev–Trinajstić information content (AvgIpc) is 2.61. The number of urea groups is 1. The predicted octanol–water partition coefficient (Wildman–Crippen LogP) is 2.01. The molecule has 1 aromatic carbocycles. The van der Waals surface area contributed by atoms with Crippen molar-refractivity contribution < 1.29 is 28.9 Å². The third kappa shape index (κ3) is 5.72. The maximum absolute atomic E-state index is 12.3. The molecule has 146 valence electrons. The largest absolute Gasteiger partial charge is 0.496 e. The van der Waals surface area contributed by atoms with Crippen molar-refractivity contribution in [1.82, 2.24) is 10.2 Å². The van der Waals surface area contributed by atoms with Gasteiger partial charge in [-0.25, -0.2) is 4.79 Å². The lowest BCUT2D eigenvalue weighted by molar-refractivity contribution is -0.141. The molecule has 0 aliphatic rings. The van der Waals surface area contributed by atoms with Crippen LogP contribution in [0.3, 0.4) is 0 Å². The molecule has 0 fully saturated rings. The van der Waals surface area contributed by atoms with E-state index in [1.165, 1.54) is 4.90 Å². The molecule has 0 aliphatic heterocycles. The van der Waals surface area contributed by atoms with Crippen molar-refractivity contribution in [1.29, 1.82) is 0 Å². The van der Waals surface area contributed by atoms with Crippen LogP contribution in [-0.2, 0) is 11.2 Å². The molecule has 0 saturated heterocycles. The number of methoxy groups -OCH3 is 3. The van der Waals surface area contributed by atoms with E-state index in [9.17, 15) is 9.59 Å². The van der Waals surface area contributed by atoms with Crippen LogP contribution in [0, 0.1) is 5.92 Å². The van der Waals surface area contributed by atoms with E-state index in [0.29, 0.717) is 23.7 Å². The van der Waals surface area contributed by atoms with Gasteiger partial charge in [0.15, 0.2) is 0 Å². The molecule has 2 atom stereocenters. The first kappa shape index (κ1) is 21.4. The number of hydrogen-bond acceptors (Lipinski definition) is 5. The highest BCUT2D eigenvalue weighted by Crippen LogP contribution is 2.34. The van der Waals surface area contributed by atoms with Crippen molar-refractivity contribution in [3.05, 3.63) is 17.7 Å². The summed E-state index contributed by atoms with van der Waals surface area (Å²) in [5, 5.41) is 11.8. The molecule has 0 spiro atoms. The zero-order chi connectivity index (χ0) is 19.9. The second kappa shape index (κ2) is 9.74. The highest BCUT2D eigenvalue weighted by Gasteiger charge is 2.21. The summed E-state index contributed by atoms with van der Waals surface area (Å²) in [6, 6.07) is 2.96. The number of benzene rings is 1. The molecule has 1 rings (SSSR count). The fourth-order valence-corrected chi connectivity index (χ4v) is 2.53. The number of rotatable bonds is 9. The minimum absolute atomic E-state index is 0.128. The van der Waals surface area contributed by atoms with E-state index < -0.39 is 11.9 Å². The van der Waals surface area contributed by atoms with E-state index in [-0.39, 0.29) is 18.6 Å². The van der Waals surface area contributed by atoms with Crippen LogP contribution in [0.25, 0.3) is 0 Å². The van der Waals surface area contributed by atoms with E-state index in [1.54, 1.807) is 47.4 Å². The number of nitrogens with zero attached hydrogens (tertiary/aromatic N) is 1. The fraction of sp³-hybridized carbons (Fsp3) is 0.556. The molecule has 2 amide bonds. The molecule has 0 heterocycles. The number of aliphatic carboxylic acids is 1. The Labute approximate surface area is 154 Å². The Bertz CT molecular complexity index is 609. The van der Waals surface area contributed by atoms with Gasteiger partial charge in [0.2, 0.25) is 0 Å². The first-order chi connectivity index (χ1) is 12.2. The molecular weight excluding hydrogens is 340 g/mol. The maximum atomic E-state index is 12.3. The van der Waals surface area contributed by atoms with Gasteiger partial charge in [-0.2, -0.15) is 0 Å². The number of carbonyl (C=O) groups excluding carboxylic acids is 1. The molecule has 0 saturated carbocycles. The molecule has 0 radical (unpaired) electrons. The SMILES string of the molecule is COc1cc(OC)c(CC(C)NC(=O)N(C)CC(C)C(=O)O)c(OC)c1. The molecule has 26 heavy (non-hydrogen) atoms. The smallest absolute Gasteiger partial charge is 0.317 e. The summed E-state index contributed by atoms with van der Waals surface area (Å²) >= 11 is 0. The van der Waals surface area contributed by atoms with E-state index in [0.717, 1.165) is 5.56 Å². The number of carboxylic acid groups (broad SMARTS) is 1. The van der Waals surface area contributed by atoms with Crippen molar-refractivity contribution in [2.24, 2.45) is 5.92 Å². The highest BCUT2D eigenvalue weighted by molar-refractivity contribution is 5.76. The van der Waals surface area contributed by atoms with Gasteiger partial charge < -0.3 is 29.5 Å². The lowest BCUT2D eigenvalue weighted by Crippen LogP contribution is -2.44. The summed E-state index contributed by atoms with van der Waals surface area (Å²) in [6.45, 7) is 3.54. The molecule has 2 unspecified atom stereocenters. The van der Waals surface area contributed by atoms with E-state index >= 15 is 0 Å². The van der Waals surface area contributed by atoms with E-state index in [1.807, 2.05) is 6.92 Å². The summed E-state index contributed by atoms with van der Waals surface area (Å²) in [6.07, 6.45) is 0.477. The van der Waals surface area contributed by atoms with Crippen LogP contribution in [0.1, 0.15) is 19.4 Å². The van der Waals surface area contributed by atoms with Crippen LogP contribution in [0.4, 0.5) is 4.79 Å². The van der Waals surface area contributed by atoms with Gasteiger partial charge in [-0.05, 0) is 13.3 Å². The van der Waals surface area contributed by atoms with Gasteiger partial charge in [0, 0.05) is 37.3 Å². The van der Waals surface area contributed by atoms with Crippen LogP contribution in [0.2, 0.25) is 0 Å². The predicted molar refractivity (Wildman–Crippen MR) is 97.2 cm³/mol. The standard InChI is InChI=1S/C18H28N2O6/c1-11(17(21)22)10-20(3)18(23)19-12(2)7-14-15(25-5)8-13(24-4)9-16(14)26-6/h8-9,11-12H,7,10H2,1-6H3,(H,19,23)(H,21,22). The monoisotopic (exact) mass is 368 g/mol. The normalized spacial score (nSPS) is 12.7. The Morgan fingerprint density at radius 2 is 1.65 bits per heavy atom. The zero-order valence-electron chi connectivity index (χ0n) is 16.2. The number of carboxylic acids is 1. The summed E-state index contributed by atoms with van der Waals surface area (Å²) in [5.41, 5.74) is 0.810. The molecule has 8 heteroatoms. The first-order valence-corrected chi connectivity index (χ1v) is 8.26. The Morgan fingerprint density at radius 3 is 2.08 bits per heavy atom. The van der Waals surface area contributed by atoms with Crippen LogP contribution < -0.4 is 19.5 Å². The molecule has 2 N–H and O–H groups in total. The van der Waals surface area contributed by atoms with Gasteiger partial charge in [-0.1, -0.05) is 6.92 Å². The molecule has 8 nitrogen and oxygen atoms in total. The summed E-state index contributed by atoms with van der Waals surface area (Å²) in [5.74, 6) is 0.250. The average molecular weight is 368 g/mol. The Balaban J connectivity index is 2.82. The molecule has 0 aliphatic carbocycles. The van der Waals surface area contributed by atoms with Crippen LogP contribution >= 0.6 is 0 Å². The Kier molecular flexibility index (Phi) is 8.02. The second-order valence-corrected chi connectivity index (χ2v) is 6.18. The van der Waals surface area contributed by atoms with Crippen LogP contribution in [0.5, 0.6) is 17.2 Å². The first-order valence-electron chi connectivity index (χ1n) is 8.26. The third-order valence-corrected chi connectivity index (χ3v) is 4.01. The van der Waals surface area contributed by atoms with Gasteiger partial charge >= 0.3 is 12.0 Å². The molecule has 0 aromatic heterocycles. The number of carbonyl (C=O) groups is 2. The minimum atomic E-state index is -0.939. The molecule has 1 aromatic rings. The summed E-state index contributed by atoms with van der Waals surface area (Å²) < 4.78 is 16.1. The van der Waals surface area contributed by atoms with Crippen LogP contribution in [-0.4, -0.2) is 63.0 Å². The van der Waals surface area contributed by atoms with Gasteiger partial charge in [-0.3, -0.25) is 4.79 Å². The highest BCUT2D eigenvalue weighted by atomic mass is 16.5. The number of amides is 2. The molecule has 0 bridgehead atoms. The lowest BCUT2D eigenvalue weighted by atomic mass is 10.0. The number of nitrogens with one attached hydrogen (secondary N) is 1. The van der Waals surface area contributed by atoms with Crippen molar-refractivity contribution in [3.8, 4) is 17.2 Å². The second-order valence-electron chi connectivity index (χ2n) is 6.18. The van der Waals surface area contributed by atoms with Gasteiger partial charge in [-0.15, -0.1) is 0 Å². The van der Waals surface area contributed by atoms with Gasteiger partial charge in [0.05, 0.1) is 27.2 Å². The van der Waals surface area contributed by atoms with Crippen molar-refractivity contribution in [2.75, 3.05) is 34.9 Å². The maximum Gasteiger partial charge on any atom is 0.317 e. The Morgan fingerprint density at radius 1 is 1.12 bits per heavy atom. The lowest BCUT2D eigenvalue weighted by Gasteiger charge is -2.24.